The quantitative estimate of drug-likeness (QED) is 0.825. The average Bonchev–Trinajstić information content (AvgIpc) is 2.33. The molecular weight excluding hydrogens is 264 g/mol. The van der Waals surface area contributed by atoms with Crippen LogP contribution in [0.1, 0.15) is 27.8 Å². The molecule has 0 aliphatic heterocycles. The topological polar surface area (TPSA) is 38.0 Å². The van der Waals surface area contributed by atoms with Crippen LogP contribution >= 0.6 is 12.2 Å². The van der Waals surface area contributed by atoms with Crippen LogP contribution in [-0.2, 0) is 0 Å². The van der Waals surface area contributed by atoms with Crippen molar-refractivity contribution < 1.29 is 0 Å². The maximum absolute atomic E-state index is 5.69. The molecule has 0 saturated carbocycles. The first-order valence-electron chi connectivity index (χ1n) is 6.64. The summed E-state index contributed by atoms with van der Waals surface area (Å²) in [6, 6.07) is 10.4. The third kappa shape index (κ3) is 2.99. The van der Waals surface area contributed by atoms with Crippen LogP contribution < -0.4 is 11.1 Å². The van der Waals surface area contributed by atoms with Crippen LogP contribution in [0.3, 0.4) is 0 Å². The maximum Gasteiger partial charge on any atom is 0.104 e. The summed E-state index contributed by atoms with van der Waals surface area (Å²) >= 11 is 5.04. The van der Waals surface area contributed by atoms with Crippen LogP contribution in [0.25, 0.3) is 0 Å². The van der Waals surface area contributed by atoms with E-state index in [1.165, 1.54) is 16.7 Å². The monoisotopic (exact) mass is 284 g/mol. The summed E-state index contributed by atoms with van der Waals surface area (Å²) in [6.07, 6.45) is 0. The summed E-state index contributed by atoms with van der Waals surface area (Å²) in [4.78, 5) is 0.441. The second kappa shape index (κ2) is 5.63. The predicted octanol–water partition coefficient (Wildman–Crippen LogP) is 4.30. The lowest BCUT2D eigenvalue weighted by atomic mass is 10.0. The van der Waals surface area contributed by atoms with Gasteiger partial charge in [-0.15, -0.1) is 0 Å². The van der Waals surface area contributed by atoms with Crippen molar-refractivity contribution in [2.75, 3.05) is 5.32 Å². The number of thiocarbonyl (C=S) groups is 1. The fourth-order valence-corrected chi connectivity index (χ4v) is 2.77. The third-order valence-electron chi connectivity index (χ3n) is 3.44. The number of anilines is 2. The number of hydrogen-bond acceptors (Lipinski definition) is 2. The van der Waals surface area contributed by atoms with Crippen LogP contribution in [0.5, 0.6) is 0 Å². The minimum Gasteiger partial charge on any atom is -0.389 e. The summed E-state index contributed by atoms with van der Waals surface area (Å²) in [5.41, 5.74) is 13.7. The molecule has 0 aliphatic rings. The Labute approximate surface area is 126 Å². The number of aryl methyl sites for hydroxylation is 4. The molecule has 104 valence electrons. The molecule has 0 heterocycles. The van der Waals surface area contributed by atoms with Gasteiger partial charge in [-0.05, 0) is 62.6 Å². The molecule has 0 aliphatic carbocycles. The lowest BCUT2D eigenvalue weighted by molar-refractivity contribution is 1.30. The molecule has 0 unspecified atom stereocenters. The normalized spacial score (nSPS) is 10.4. The van der Waals surface area contributed by atoms with E-state index in [-0.39, 0.29) is 0 Å². The van der Waals surface area contributed by atoms with Gasteiger partial charge in [0.25, 0.3) is 0 Å². The van der Waals surface area contributed by atoms with Crippen molar-refractivity contribution >= 4 is 28.6 Å². The number of rotatable bonds is 3. The average molecular weight is 284 g/mol. The second-order valence-electron chi connectivity index (χ2n) is 5.29. The summed E-state index contributed by atoms with van der Waals surface area (Å²) in [7, 11) is 0. The van der Waals surface area contributed by atoms with Crippen molar-refractivity contribution in [3.05, 3.63) is 58.1 Å². The van der Waals surface area contributed by atoms with Gasteiger partial charge in [-0.2, -0.15) is 0 Å². The Morgan fingerprint density at radius 2 is 1.55 bits per heavy atom. The zero-order chi connectivity index (χ0) is 14.9. The van der Waals surface area contributed by atoms with E-state index in [4.69, 9.17) is 18.0 Å². The molecule has 2 aromatic carbocycles. The molecule has 0 atom stereocenters. The smallest absolute Gasteiger partial charge is 0.104 e. The molecule has 0 spiro atoms. The van der Waals surface area contributed by atoms with E-state index in [1.54, 1.807) is 0 Å². The van der Waals surface area contributed by atoms with E-state index >= 15 is 0 Å². The number of benzene rings is 2. The van der Waals surface area contributed by atoms with E-state index < -0.39 is 0 Å². The minimum absolute atomic E-state index is 0.441. The SMILES string of the molecule is Cc1cc(C)c(Nc2ccc(C(N)=S)c(C)c2)c(C)c1. The molecule has 0 saturated heterocycles. The molecular formula is C17H20N2S. The highest BCUT2D eigenvalue weighted by Crippen LogP contribution is 2.27. The highest BCUT2D eigenvalue weighted by Gasteiger charge is 2.06. The van der Waals surface area contributed by atoms with Gasteiger partial charge in [0.05, 0.1) is 0 Å². The molecule has 0 bridgehead atoms. The first-order chi connectivity index (χ1) is 9.38. The first kappa shape index (κ1) is 14.5. The van der Waals surface area contributed by atoms with Crippen molar-refractivity contribution in [2.45, 2.75) is 27.7 Å². The molecule has 0 aromatic heterocycles. The highest BCUT2D eigenvalue weighted by molar-refractivity contribution is 7.80. The Morgan fingerprint density at radius 3 is 2.05 bits per heavy atom. The summed E-state index contributed by atoms with van der Waals surface area (Å²) in [5, 5.41) is 3.49. The zero-order valence-electron chi connectivity index (χ0n) is 12.4. The van der Waals surface area contributed by atoms with E-state index in [2.05, 4.69) is 44.3 Å². The summed E-state index contributed by atoms with van der Waals surface area (Å²) < 4.78 is 0. The van der Waals surface area contributed by atoms with Crippen molar-refractivity contribution in [3.8, 4) is 0 Å². The van der Waals surface area contributed by atoms with Crippen molar-refractivity contribution in [3.63, 3.8) is 0 Å². The van der Waals surface area contributed by atoms with Gasteiger partial charge in [0.15, 0.2) is 0 Å². The minimum atomic E-state index is 0.441. The number of nitrogens with two attached hydrogens (primary N) is 1. The summed E-state index contributed by atoms with van der Waals surface area (Å²) in [6.45, 7) is 8.39. The molecule has 0 amide bonds. The van der Waals surface area contributed by atoms with Gasteiger partial charge in [-0.25, -0.2) is 0 Å². The van der Waals surface area contributed by atoms with E-state index in [0.717, 1.165) is 22.5 Å². The fraction of sp³-hybridized carbons (Fsp3) is 0.235. The number of nitrogens with one attached hydrogen (secondary N) is 1. The second-order valence-corrected chi connectivity index (χ2v) is 5.73. The van der Waals surface area contributed by atoms with Gasteiger partial charge in [0.1, 0.15) is 4.99 Å². The molecule has 2 rings (SSSR count). The molecule has 2 nitrogen and oxygen atoms in total. The predicted molar refractivity (Wildman–Crippen MR) is 91.0 cm³/mol. The van der Waals surface area contributed by atoms with Crippen molar-refractivity contribution in [1.82, 2.24) is 0 Å². The maximum atomic E-state index is 5.69. The van der Waals surface area contributed by atoms with E-state index in [9.17, 15) is 0 Å². The van der Waals surface area contributed by atoms with Gasteiger partial charge in [0.2, 0.25) is 0 Å². The summed E-state index contributed by atoms with van der Waals surface area (Å²) in [5.74, 6) is 0. The van der Waals surface area contributed by atoms with Crippen LogP contribution in [0.15, 0.2) is 30.3 Å². The van der Waals surface area contributed by atoms with Gasteiger partial charge in [-0.1, -0.05) is 29.9 Å². The third-order valence-corrected chi connectivity index (χ3v) is 3.66. The van der Waals surface area contributed by atoms with Crippen molar-refractivity contribution in [1.29, 1.82) is 0 Å². The first-order valence-corrected chi connectivity index (χ1v) is 7.04. The Hall–Kier alpha value is -1.87. The lowest BCUT2D eigenvalue weighted by Crippen LogP contribution is -2.11. The Kier molecular flexibility index (Phi) is 4.09. The lowest BCUT2D eigenvalue weighted by Gasteiger charge is -2.15. The fourth-order valence-electron chi connectivity index (χ4n) is 2.54. The molecule has 2 aromatic rings. The molecule has 0 fully saturated rings. The Bertz CT molecular complexity index is 652. The molecule has 20 heavy (non-hydrogen) atoms. The molecule has 0 radical (unpaired) electrons. The van der Waals surface area contributed by atoms with Crippen LogP contribution in [0.2, 0.25) is 0 Å². The van der Waals surface area contributed by atoms with Gasteiger partial charge in [0, 0.05) is 16.9 Å². The standard InChI is InChI=1S/C17H20N2S/c1-10-7-12(3)16(13(4)8-10)19-14-5-6-15(17(18)20)11(2)9-14/h5-9,19H,1-4H3,(H2,18,20). The highest BCUT2D eigenvalue weighted by atomic mass is 32.1. The zero-order valence-corrected chi connectivity index (χ0v) is 13.2. The van der Waals surface area contributed by atoms with Gasteiger partial charge < -0.3 is 11.1 Å². The van der Waals surface area contributed by atoms with E-state index in [0.29, 0.717) is 4.99 Å². The number of hydrogen-bond donors (Lipinski definition) is 2. The van der Waals surface area contributed by atoms with Gasteiger partial charge >= 0.3 is 0 Å². The molecule has 3 heteroatoms. The Balaban J connectivity index is 2.36. The Morgan fingerprint density at radius 1 is 0.950 bits per heavy atom. The van der Waals surface area contributed by atoms with E-state index in [1.807, 2.05) is 19.1 Å². The van der Waals surface area contributed by atoms with Crippen LogP contribution in [0, 0.1) is 27.7 Å². The van der Waals surface area contributed by atoms with Gasteiger partial charge in [-0.3, -0.25) is 0 Å². The largest absolute Gasteiger partial charge is 0.389 e. The van der Waals surface area contributed by atoms with Crippen LogP contribution in [-0.4, -0.2) is 4.99 Å². The van der Waals surface area contributed by atoms with Crippen molar-refractivity contribution in [2.24, 2.45) is 5.73 Å². The van der Waals surface area contributed by atoms with Crippen LogP contribution in [0.4, 0.5) is 11.4 Å². The molecule has 3 N–H and O–H groups in total.